The van der Waals surface area contributed by atoms with Crippen molar-refractivity contribution in [3.05, 3.63) is 53.2 Å². The molecule has 1 amide bonds. The lowest BCUT2D eigenvalue weighted by molar-refractivity contribution is 0.0730. The van der Waals surface area contributed by atoms with Crippen LogP contribution >= 0.6 is 0 Å². The largest absolute Gasteiger partial charge is 0.361 e. The molecule has 5 heteroatoms. The number of aromatic nitrogens is 1. The van der Waals surface area contributed by atoms with Crippen molar-refractivity contribution >= 4 is 5.91 Å². The molecule has 1 aliphatic rings. The van der Waals surface area contributed by atoms with Gasteiger partial charge < -0.3 is 9.42 Å². The van der Waals surface area contributed by atoms with E-state index in [0.29, 0.717) is 12.1 Å². The van der Waals surface area contributed by atoms with Crippen LogP contribution in [0.25, 0.3) is 0 Å². The lowest BCUT2D eigenvalue weighted by Crippen LogP contribution is -2.30. The van der Waals surface area contributed by atoms with Crippen LogP contribution in [0.2, 0.25) is 0 Å². The molecule has 3 rings (SSSR count). The molecule has 116 valence electrons. The summed E-state index contributed by atoms with van der Waals surface area (Å²) in [5.74, 6) is 0.304. The topological polar surface area (TPSA) is 46.3 Å². The molecule has 0 unspecified atom stereocenters. The maximum Gasteiger partial charge on any atom is 0.254 e. The summed E-state index contributed by atoms with van der Waals surface area (Å²) in [5, 5.41) is 4.12. The van der Waals surface area contributed by atoms with Gasteiger partial charge in [0.05, 0.1) is 6.04 Å². The molecular formula is C17H19FN2O2. The van der Waals surface area contributed by atoms with Crippen LogP contribution in [0, 0.1) is 5.82 Å². The summed E-state index contributed by atoms with van der Waals surface area (Å²) in [6.45, 7) is 2.74. The summed E-state index contributed by atoms with van der Waals surface area (Å²) < 4.78 is 18.6. The Morgan fingerprint density at radius 1 is 1.45 bits per heavy atom. The first-order chi connectivity index (χ1) is 10.7. The molecule has 1 aliphatic heterocycles. The average Bonchev–Trinajstić information content (AvgIpc) is 3.15. The second-order valence-electron chi connectivity index (χ2n) is 5.64. The standard InChI is InChI=1S/C17H19FN2O2/c1-2-5-14-11-15(19-22-14)16-8-4-9-20(16)17(21)12-6-3-7-13(18)10-12/h3,6-7,10-11,16H,2,4-5,8-9H2,1H3/t16-/m0/s1. The Labute approximate surface area is 128 Å². The van der Waals surface area contributed by atoms with Crippen LogP contribution in [0.3, 0.4) is 0 Å². The van der Waals surface area contributed by atoms with Gasteiger partial charge in [0.1, 0.15) is 17.3 Å². The highest BCUT2D eigenvalue weighted by Crippen LogP contribution is 2.33. The molecule has 4 nitrogen and oxygen atoms in total. The second-order valence-corrected chi connectivity index (χ2v) is 5.64. The van der Waals surface area contributed by atoms with Crippen molar-refractivity contribution in [3.8, 4) is 0 Å². The maximum absolute atomic E-state index is 13.3. The number of carbonyl (C=O) groups is 1. The van der Waals surface area contributed by atoms with E-state index in [2.05, 4.69) is 12.1 Å². The van der Waals surface area contributed by atoms with Crippen molar-refractivity contribution < 1.29 is 13.7 Å². The van der Waals surface area contributed by atoms with Crippen molar-refractivity contribution in [2.75, 3.05) is 6.54 Å². The SMILES string of the molecule is CCCc1cc([C@@H]2CCCN2C(=O)c2cccc(F)c2)no1. The number of aryl methyl sites for hydroxylation is 1. The molecule has 1 atom stereocenters. The number of amides is 1. The van der Waals surface area contributed by atoms with Gasteiger partial charge in [-0.25, -0.2) is 4.39 Å². The van der Waals surface area contributed by atoms with Gasteiger partial charge in [-0.2, -0.15) is 0 Å². The Kier molecular flexibility index (Phi) is 4.22. The van der Waals surface area contributed by atoms with E-state index >= 15 is 0 Å². The Hall–Kier alpha value is -2.17. The minimum Gasteiger partial charge on any atom is -0.361 e. The van der Waals surface area contributed by atoms with E-state index in [9.17, 15) is 9.18 Å². The van der Waals surface area contributed by atoms with Gasteiger partial charge in [-0.1, -0.05) is 18.1 Å². The third kappa shape index (κ3) is 2.89. The Bertz CT molecular complexity index is 668. The van der Waals surface area contributed by atoms with Gasteiger partial charge in [0.15, 0.2) is 0 Å². The first-order valence-corrected chi connectivity index (χ1v) is 7.71. The van der Waals surface area contributed by atoms with E-state index < -0.39 is 5.82 Å². The van der Waals surface area contributed by atoms with Gasteiger partial charge in [0.2, 0.25) is 0 Å². The van der Waals surface area contributed by atoms with E-state index in [1.54, 1.807) is 17.0 Å². The van der Waals surface area contributed by atoms with E-state index in [1.807, 2.05) is 6.07 Å². The molecule has 0 bridgehead atoms. The smallest absolute Gasteiger partial charge is 0.254 e. The number of rotatable bonds is 4. The van der Waals surface area contributed by atoms with E-state index in [0.717, 1.165) is 37.1 Å². The van der Waals surface area contributed by atoms with Gasteiger partial charge in [-0.15, -0.1) is 0 Å². The normalized spacial score (nSPS) is 17.9. The number of benzene rings is 1. The van der Waals surface area contributed by atoms with Gasteiger partial charge in [0, 0.05) is 24.6 Å². The number of likely N-dealkylation sites (tertiary alicyclic amines) is 1. The van der Waals surface area contributed by atoms with Crippen molar-refractivity contribution in [1.82, 2.24) is 10.1 Å². The van der Waals surface area contributed by atoms with Crippen LogP contribution in [0.4, 0.5) is 4.39 Å². The summed E-state index contributed by atoms with van der Waals surface area (Å²) in [6, 6.07) is 7.68. The van der Waals surface area contributed by atoms with Gasteiger partial charge in [-0.3, -0.25) is 4.79 Å². The Morgan fingerprint density at radius 2 is 2.32 bits per heavy atom. The molecule has 2 heterocycles. The fourth-order valence-corrected chi connectivity index (χ4v) is 2.95. The maximum atomic E-state index is 13.3. The van der Waals surface area contributed by atoms with Crippen LogP contribution in [0.1, 0.15) is 54.0 Å². The second kappa shape index (κ2) is 6.30. The molecule has 1 aromatic heterocycles. The molecule has 0 spiro atoms. The fraction of sp³-hybridized carbons (Fsp3) is 0.412. The first kappa shape index (κ1) is 14.8. The summed E-state index contributed by atoms with van der Waals surface area (Å²) in [7, 11) is 0. The van der Waals surface area contributed by atoms with Crippen molar-refractivity contribution in [2.45, 2.75) is 38.6 Å². The predicted octanol–water partition coefficient (Wildman–Crippen LogP) is 3.74. The zero-order valence-corrected chi connectivity index (χ0v) is 12.6. The lowest BCUT2D eigenvalue weighted by atomic mass is 10.1. The van der Waals surface area contributed by atoms with Crippen LogP contribution in [-0.4, -0.2) is 22.5 Å². The highest BCUT2D eigenvalue weighted by Gasteiger charge is 2.32. The molecule has 22 heavy (non-hydrogen) atoms. The molecule has 0 saturated carbocycles. The number of hydrogen-bond acceptors (Lipinski definition) is 3. The van der Waals surface area contributed by atoms with Gasteiger partial charge >= 0.3 is 0 Å². The quantitative estimate of drug-likeness (QED) is 0.864. The van der Waals surface area contributed by atoms with Crippen LogP contribution in [-0.2, 0) is 6.42 Å². The summed E-state index contributed by atoms with van der Waals surface area (Å²) in [5.41, 5.74) is 1.18. The summed E-state index contributed by atoms with van der Waals surface area (Å²) in [4.78, 5) is 14.4. The van der Waals surface area contributed by atoms with Crippen LogP contribution in [0.15, 0.2) is 34.9 Å². The van der Waals surface area contributed by atoms with Gasteiger partial charge in [-0.05, 0) is 37.5 Å². The Balaban J connectivity index is 1.81. The minimum atomic E-state index is -0.395. The molecule has 0 aliphatic carbocycles. The summed E-state index contributed by atoms with van der Waals surface area (Å²) >= 11 is 0. The van der Waals surface area contributed by atoms with Gasteiger partial charge in [0.25, 0.3) is 5.91 Å². The third-order valence-corrected chi connectivity index (χ3v) is 4.00. The highest BCUT2D eigenvalue weighted by molar-refractivity contribution is 5.94. The molecule has 0 radical (unpaired) electrons. The first-order valence-electron chi connectivity index (χ1n) is 7.71. The molecule has 1 saturated heterocycles. The average molecular weight is 302 g/mol. The van der Waals surface area contributed by atoms with Crippen molar-refractivity contribution in [2.24, 2.45) is 0 Å². The van der Waals surface area contributed by atoms with Crippen LogP contribution < -0.4 is 0 Å². The van der Waals surface area contributed by atoms with E-state index in [-0.39, 0.29) is 11.9 Å². The number of nitrogens with zero attached hydrogens (tertiary/aromatic N) is 2. The molecule has 1 aromatic carbocycles. The zero-order valence-electron chi connectivity index (χ0n) is 12.6. The predicted molar refractivity (Wildman–Crippen MR) is 79.9 cm³/mol. The zero-order chi connectivity index (χ0) is 15.5. The van der Waals surface area contributed by atoms with E-state index in [4.69, 9.17) is 4.52 Å². The number of carbonyl (C=O) groups excluding carboxylic acids is 1. The van der Waals surface area contributed by atoms with Crippen molar-refractivity contribution in [3.63, 3.8) is 0 Å². The molecular weight excluding hydrogens is 283 g/mol. The number of hydrogen-bond donors (Lipinski definition) is 0. The summed E-state index contributed by atoms with van der Waals surface area (Å²) in [6.07, 6.45) is 3.61. The number of halogens is 1. The fourth-order valence-electron chi connectivity index (χ4n) is 2.95. The molecule has 2 aromatic rings. The Morgan fingerprint density at radius 3 is 3.09 bits per heavy atom. The lowest BCUT2D eigenvalue weighted by Gasteiger charge is -2.23. The molecule has 1 fully saturated rings. The third-order valence-electron chi connectivity index (χ3n) is 4.00. The van der Waals surface area contributed by atoms with E-state index in [1.165, 1.54) is 12.1 Å². The highest BCUT2D eigenvalue weighted by atomic mass is 19.1. The molecule has 0 N–H and O–H groups in total. The minimum absolute atomic E-state index is 0.0786. The van der Waals surface area contributed by atoms with Crippen LogP contribution in [0.5, 0.6) is 0 Å². The monoisotopic (exact) mass is 302 g/mol. The van der Waals surface area contributed by atoms with Crippen molar-refractivity contribution in [1.29, 1.82) is 0 Å².